The van der Waals surface area contributed by atoms with Crippen molar-refractivity contribution in [2.45, 2.75) is 25.5 Å². The standard InChI is InChI=1S/C11H22N2O3/c1-8(7-15-2)5-13-11(14)10-4-9(16-3)6-12-10/h8-10,12H,4-7H2,1-3H3,(H,13,14). The van der Waals surface area contributed by atoms with E-state index in [1.807, 2.05) is 6.92 Å². The maximum Gasteiger partial charge on any atom is 0.237 e. The van der Waals surface area contributed by atoms with Crippen LogP contribution in [0.4, 0.5) is 0 Å². The molecule has 5 nitrogen and oxygen atoms in total. The van der Waals surface area contributed by atoms with Crippen LogP contribution in [0.5, 0.6) is 0 Å². The molecule has 1 aliphatic heterocycles. The summed E-state index contributed by atoms with van der Waals surface area (Å²) in [5.41, 5.74) is 0. The molecule has 3 atom stereocenters. The van der Waals surface area contributed by atoms with Gasteiger partial charge < -0.3 is 20.1 Å². The third kappa shape index (κ3) is 4.08. The Bertz CT molecular complexity index is 223. The molecule has 1 aliphatic rings. The molecule has 0 aromatic carbocycles. The highest BCUT2D eigenvalue weighted by Crippen LogP contribution is 2.09. The molecule has 1 fully saturated rings. The number of carbonyl (C=O) groups is 1. The lowest BCUT2D eigenvalue weighted by Gasteiger charge is -2.14. The summed E-state index contributed by atoms with van der Waals surface area (Å²) in [5.74, 6) is 0.399. The third-order valence-corrected chi connectivity index (χ3v) is 2.82. The molecule has 5 heteroatoms. The van der Waals surface area contributed by atoms with Crippen molar-refractivity contribution in [2.24, 2.45) is 5.92 Å². The number of hydrogen-bond acceptors (Lipinski definition) is 4. The first-order valence-electron chi connectivity index (χ1n) is 5.70. The number of nitrogens with one attached hydrogen (secondary N) is 2. The molecule has 2 N–H and O–H groups in total. The molecule has 16 heavy (non-hydrogen) atoms. The molecular formula is C11H22N2O3. The van der Waals surface area contributed by atoms with Gasteiger partial charge in [-0.05, 0) is 12.3 Å². The average Bonchev–Trinajstić information content (AvgIpc) is 2.75. The van der Waals surface area contributed by atoms with E-state index < -0.39 is 0 Å². The number of ether oxygens (including phenoxy) is 2. The minimum atomic E-state index is -0.111. The van der Waals surface area contributed by atoms with Gasteiger partial charge in [0.1, 0.15) is 0 Å². The van der Waals surface area contributed by atoms with Gasteiger partial charge in [0.25, 0.3) is 0 Å². The maximum atomic E-state index is 11.7. The molecule has 0 aromatic rings. The largest absolute Gasteiger partial charge is 0.384 e. The van der Waals surface area contributed by atoms with E-state index in [2.05, 4.69) is 10.6 Å². The van der Waals surface area contributed by atoms with Gasteiger partial charge in [-0.25, -0.2) is 0 Å². The Morgan fingerprint density at radius 3 is 2.88 bits per heavy atom. The first-order valence-corrected chi connectivity index (χ1v) is 5.70. The minimum Gasteiger partial charge on any atom is -0.384 e. The van der Waals surface area contributed by atoms with Gasteiger partial charge in [0.2, 0.25) is 5.91 Å². The van der Waals surface area contributed by atoms with Crippen LogP contribution in [-0.4, -0.2) is 52.0 Å². The fourth-order valence-electron chi connectivity index (χ4n) is 1.82. The Morgan fingerprint density at radius 2 is 2.31 bits per heavy atom. The Morgan fingerprint density at radius 1 is 1.56 bits per heavy atom. The SMILES string of the molecule is COCC(C)CNC(=O)C1CC(OC)CN1. The zero-order valence-electron chi connectivity index (χ0n) is 10.3. The fraction of sp³-hybridized carbons (Fsp3) is 0.909. The lowest BCUT2D eigenvalue weighted by atomic mass is 10.1. The van der Waals surface area contributed by atoms with E-state index in [1.54, 1.807) is 14.2 Å². The molecular weight excluding hydrogens is 208 g/mol. The Balaban J connectivity index is 2.20. The van der Waals surface area contributed by atoms with Crippen molar-refractivity contribution in [3.8, 4) is 0 Å². The van der Waals surface area contributed by atoms with Gasteiger partial charge in [0, 0.05) is 27.3 Å². The molecule has 0 aliphatic carbocycles. The molecule has 94 valence electrons. The number of methoxy groups -OCH3 is 2. The van der Waals surface area contributed by atoms with E-state index in [9.17, 15) is 4.79 Å². The van der Waals surface area contributed by atoms with Gasteiger partial charge in [-0.1, -0.05) is 6.92 Å². The second-order valence-electron chi connectivity index (χ2n) is 4.36. The normalized spacial score (nSPS) is 26.7. The van der Waals surface area contributed by atoms with Gasteiger partial charge in [-0.3, -0.25) is 4.79 Å². The number of rotatable bonds is 6. The van der Waals surface area contributed by atoms with E-state index >= 15 is 0 Å². The summed E-state index contributed by atoms with van der Waals surface area (Å²) in [7, 11) is 3.34. The molecule has 0 bridgehead atoms. The summed E-state index contributed by atoms with van der Waals surface area (Å²) in [4.78, 5) is 11.7. The molecule has 1 saturated heterocycles. The van der Waals surface area contributed by atoms with E-state index in [4.69, 9.17) is 9.47 Å². The summed E-state index contributed by atoms with van der Waals surface area (Å²) in [6.07, 6.45) is 0.910. The van der Waals surface area contributed by atoms with Crippen molar-refractivity contribution in [1.29, 1.82) is 0 Å². The van der Waals surface area contributed by atoms with Crippen molar-refractivity contribution in [3.05, 3.63) is 0 Å². The number of hydrogen-bond donors (Lipinski definition) is 2. The van der Waals surface area contributed by atoms with Gasteiger partial charge in [0.15, 0.2) is 0 Å². The minimum absolute atomic E-state index is 0.0579. The summed E-state index contributed by atoms with van der Waals surface area (Å²) in [6, 6.07) is -0.111. The van der Waals surface area contributed by atoms with Crippen molar-refractivity contribution < 1.29 is 14.3 Å². The van der Waals surface area contributed by atoms with Gasteiger partial charge in [-0.15, -0.1) is 0 Å². The van der Waals surface area contributed by atoms with Crippen LogP contribution in [0, 0.1) is 5.92 Å². The lowest BCUT2D eigenvalue weighted by molar-refractivity contribution is -0.123. The van der Waals surface area contributed by atoms with E-state index in [1.165, 1.54) is 0 Å². The van der Waals surface area contributed by atoms with Crippen LogP contribution in [0.15, 0.2) is 0 Å². The summed E-state index contributed by atoms with van der Waals surface area (Å²) in [5, 5.41) is 6.06. The van der Waals surface area contributed by atoms with E-state index in [-0.39, 0.29) is 18.1 Å². The molecule has 0 saturated carbocycles. The van der Waals surface area contributed by atoms with Crippen LogP contribution in [0.2, 0.25) is 0 Å². The topological polar surface area (TPSA) is 59.6 Å². The van der Waals surface area contributed by atoms with Crippen molar-refractivity contribution in [2.75, 3.05) is 33.9 Å². The highest BCUT2D eigenvalue weighted by atomic mass is 16.5. The van der Waals surface area contributed by atoms with Crippen LogP contribution in [0.1, 0.15) is 13.3 Å². The number of carbonyl (C=O) groups excluding carboxylic acids is 1. The molecule has 3 unspecified atom stereocenters. The van der Waals surface area contributed by atoms with E-state index in [0.29, 0.717) is 19.1 Å². The molecule has 1 heterocycles. The van der Waals surface area contributed by atoms with Crippen LogP contribution in [0.3, 0.4) is 0 Å². The van der Waals surface area contributed by atoms with Crippen LogP contribution in [-0.2, 0) is 14.3 Å². The van der Waals surface area contributed by atoms with Crippen LogP contribution in [0.25, 0.3) is 0 Å². The van der Waals surface area contributed by atoms with Crippen molar-refractivity contribution >= 4 is 5.91 Å². The van der Waals surface area contributed by atoms with Gasteiger partial charge in [-0.2, -0.15) is 0 Å². The maximum absolute atomic E-state index is 11.7. The van der Waals surface area contributed by atoms with Crippen LogP contribution < -0.4 is 10.6 Å². The monoisotopic (exact) mass is 230 g/mol. The van der Waals surface area contributed by atoms with Crippen molar-refractivity contribution in [1.82, 2.24) is 10.6 Å². The van der Waals surface area contributed by atoms with Gasteiger partial charge in [0.05, 0.1) is 18.8 Å². The fourth-order valence-corrected chi connectivity index (χ4v) is 1.82. The summed E-state index contributed by atoms with van der Waals surface area (Å²) >= 11 is 0. The first kappa shape index (κ1) is 13.4. The van der Waals surface area contributed by atoms with Gasteiger partial charge >= 0.3 is 0 Å². The van der Waals surface area contributed by atoms with E-state index in [0.717, 1.165) is 13.0 Å². The Kier molecular flexibility index (Phi) is 5.73. The second kappa shape index (κ2) is 6.83. The second-order valence-corrected chi connectivity index (χ2v) is 4.36. The Labute approximate surface area is 96.9 Å². The molecule has 0 aromatic heterocycles. The molecule has 1 amide bonds. The smallest absolute Gasteiger partial charge is 0.237 e. The zero-order chi connectivity index (χ0) is 12.0. The Hall–Kier alpha value is -0.650. The highest BCUT2D eigenvalue weighted by Gasteiger charge is 2.29. The van der Waals surface area contributed by atoms with Crippen LogP contribution >= 0.6 is 0 Å². The predicted molar refractivity (Wildman–Crippen MR) is 61.3 cm³/mol. The predicted octanol–water partition coefficient (Wildman–Crippen LogP) is -0.238. The number of amides is 1. The third-order valence-electron chi connectivity index (χ3n) is 2.82. The average molecular weight is 230 g/mol. The highest BCUT2D eigenvalue weighted by molar-refractivity contribution is 5.82. The zero-order valence-corrected chi connectivity index (χ0v) is 10.3. The molecule has 1 rings (SSSR count). The lowest BCUT2D eigenvalue weighted by Crippen LogP contribution is -2.42. The quantitative estimate of drug-likeness (QED) is 0.661. The summed E-state index contributed by atoms with van der Waals surface area (Å²) in [6.45, 7) is 4.12. The van der Waals surface area contributed by atoms with Crippen molar-refractivity contribution in [3.63, 3.8) is 0 Å². The molecule has 0 radical (unpaired) electrons. The first-order chi connectivity index (χ1) is 7.67. The summed E-state index contributed by atoms with van der Waals surface area (Å²) < 4.78 is 10.2. The molecule has 0 spiro atoms.